The van der Waals surface area contributed by atoms with Gasteiger partial charge in [-0.15, -0.1) is 0 Å². The third kappa shape index (κ3) is 2.44. The van der Waals surface area contributed by atoms with Gasteiger partial charge in [0.2, 0.25) is 0 Å². The molecule has 6 heteroatoms. The van der Waals surface area contributed by atoms with E-state index in [1.54, 1.807) is 7.05 Å². The topological polar surface area (TPSA) is 81.1 Å². The van der Waals surface area contributed by atoms with Crippen molar-refractivity contribution in [3.63, 3.8) is 0 Å². The van der Waals surface area contributed by atoms with E-state index < -0.39 is 18.1 Å². The van der Waals surface area contributed by atoms with E-state index >= 15 is 0 Å². The number of β-amino-alcohol motifs (C(OH)–C–C–N with tert-alkyl or cyclic N) is 1. The van der Waals surface area contributed by atoms with Gasteiger partial charge in [-0.25, -0.2) is 9.59 Å². The third-order valence-electron chi connectivity index (χ3n) is 2.89. The van der Waals surface area contributed by atoms with Crippen LogP contribution >= 0.6 is 0 Å². The summed E-state index contributed by atoms with van der Waals surface area (Å²) in [6, 6.07) is -1.26. The Morgan fingerprint density at radius 2 is 2.00 bits per heavy atom. The quantitative estimate of drug-likeness (QED) is 0.697. The SMILES string of the molecule is CC(C)N(C)C(=O)N1C[C@H](O)C[C@H]1C(=O)O. The van der Waals surface area contributed by atoms with Gasteiger partial charge in [-0.1, -0.05) is 0 Å². The molecule has 2 N–H and O–H groups in total. The van der Waals surface area contributed by atoms with E-state index in [1.165, 1.54) is 9.80 Å². The van der Waals surface area contributed by atoms with Crippen LogP contribution in [0.15, 0.2) is 0 Å². The summed E-state index contributed by atoms with van der Waals surface area (Å²) >= 11 is 0. The van der Waals surface area contributed by atoms with Gasteiger partial charge in [0, 0.05) is 26.1 Å². The maximum Gasteiger partial charge on any atom is 0.326 e. The number of aliphatic hydroxyl groups is 1. The number of rotatable bonds is 2. The molecular formula is C10H18N2O4. The first-order valence-electron chi connectivity index (χ1n) is 5.29. The lowest BCUT2D eigenvalue weighted by molar-refractivity contribution is -0.141. The number of aliphatic hydroxyl groups excluding tert-OH is 1. The minimum Gasteiger partial charge on any atom is -0.480 e. The third-order valence-corrected chi connectivity index (χ3v) is 2.89. The molecule has 92 valence electrons. The van der Waals surface area contributed by atoms with E-state index in [0.29, 0.717) is 0 Å². The maximum atomic E-state index is 11.9. The van der Waals surface area contributed by atoms with Crippen LogP contribution in [-0.2, 0) is 4.79 Å². The Bertz CT molecular complexity index is 293. The van der Waals surface area contributed by atoms with Crippen molar-refractivity contribution < 1.29 is 19.8 Å². The van der Waals surface area contributed by atoms with Gasteiger partial charge < -0.3 is 20.0 Å². The fraction of sp³-hybridized carbons (Fsp3) is 0.800. The van der Waals surface area contributed by atoms with E-state index in [0.717, 1.165) is 0 Å². The Labute approximate surface area is 94.4 Å². The highest BCUT2D eigenvalue weighted by molar-refractivity contribution is 5.83. The number of nitrogens with zero attached hydrogens (tertiary/aromatic N) is 2. The van der Waals surface area contributed by atoms with Crippen LogP contribution in [0.2, 0.25) is 0 Å². The van der Waals surface area contributed by atoms with Crippen molar-refractivity contribution in [1.29, 1.82) is 0 Å². The lowest BCUT2D eigenvalue weighted by atomic mass is 10.2. The smallest absolute Gasteiger partial charge is 0.326 e. The van der Waals surface area contributed by atoms with Crippen LogP contribution < -0.4 is 0 Å². The summed E-state index contributed by atoms with van der Waals surface area (Å²) in [4.78, 5) is 25.5. The van der Waals surface area contributed by atoms with Crippen molar-refractivity contribution >= 4 is 12.0 Å². The fourth-order valence-electron chi connectivity index (χ4n) is 1.68. The second-order valence-corrected chi connectivity index (χ2v) is 4.38. The molecule has 0 aliphatic carbocycles. The van der Waals surface area contributed by atoms with E-state index in [4.69, 9.17) is 5.11 Å². The summed E-state index contributed by atoms with van der Waals surface area (Å²) in [5, 5.41) is 18.4. The Kier molecular flexibility index (Phi) is 3.74. The average Bonchev–Trinajstić information content (AvgIpc) is 2.58. The first-order chi connectivity index (χ1) is 7.34. The largest absolute Gasteiger partial charge is 0.480 e. The van der Waals surface area contributed by atoms with Gasteiger partial charge in [-0.05, 0) is 13.8 Å². The summed E-state index contributed by atoms with van der Waals surface area (Å²) in [7, 11) is 1.62. The Morgan fingerprint density at radius 3 is 2.44 bits per heavy atom. The number of carbonyl (C=O) groups excluding carboxylic acids is 1. The molecule has 16 heavy (non-hydrogen) atoms. The first-order valence-corrected chi connectivity index (χ1v) is 5.29. The molecule has 1 saturated heterocycles. The second-order valence-electron chi connectivity index (χ2n) is 4.38. The number of carboxylic acids is 1. The highest BCUT2D eigenvalue weighted by Crippen LogP contribution is 2.20. The van der Waals surface area contributed by atoms with Crippen molar-refractivity contribution in [3.05, 3.63) is 0 Å². The number of aliphatic carboxylic acids is 1. The summed E-state index contributed by atoms with van der Waals surface area (Å²) in [5.41, 5.74) is 0. The lowest BCUT2D eigenvalue weighted by Crippen LogP contribution is -2.48. The number of likely N-dealkylation sites (tertiary alicyclic amines) is 1. The second kappa shape index (κ2) is 4.69. The number of urea groups is 1. The normalized spacial score (nSPS) is 24.9. The van der Waals surface area contributed by atoms with Crippen LogP contribution in [0.3, 0.4) is 0 Å². The number of amides is 2. The van der Waals surface area contributed by atoms with E-state index in [2.05, 4.69) is 0 Å². The molecule has 0 aromatic carbocycles. The zero-order valence-electron chi connectivity index (χ0n) is 9.75. The highest BCUT2D eigenvalue weighted by atomic mass is 16.4. The average molecular weight is 230 g/mol. The molecule has 6 nitrogen and oxygen atoms in total. The summed E-state index contributed by atoms with van der Waals surface area (Å²) in [5.74, 6) is -1.07. The molecule has 1 heterocycles. The molecule has 0 unspecified atom stereocenters. The van der Waals surface area contributed by atoms with E-state index in [1.807, 2.05) is 13.8 Å². The summed E-state index contributed by atoms with van der Waals surface area (Å²) in [6.07, 6.45) is -0.641. The van der Waals surface area contributed by atoms with Crippen molar-refractivity contribution in [3.8, 4) is 0 Å². The van der Waals surface area contributed by atoms with Crippen LogP contribution in [0.25, 0.3) is 0 Å². The van der Waals surface area contributed by atoms with Gasteiger partial charge in [0.25, 0.3) is 0 Å². The Balaban J connectivity index is 2.78. The Hall–Kier alpha value is -1.30. The van der Waals surface area contributed by atoms with Crippen LogP contribution in [0.1, 0.15) is 20.3 Å². The Morgan fingerprint density at radius 1 is 1.44 bits per heavy atom. The van der Waals surface area contributed by atoms with Gasteiger partial charge in [0.05, 0.1) is 6.10 Å². The highest BCUT2D eigenvalue weighted by Gasteiger charge is 2.40. The van der Waals surface area contributed by atoms with Crippen LogP contribution in [0.4, 0.5) is 4.79 Å². The van der Waals surface area contributed by atoms with Crippen LogP contribution in [0, 0.1) is 0 Å². The summed E-state index contributed by atoms with van der Waals surface area (Å²) < 4.78 is 0. The number of hydrogen-bond acceptors (Lipinski definition) is 3. The number of carbonyl (C=O) groups is 2. The number of carboxylic acid groups (broad SMARTS) is 1. The van der Waals surface area contributed by atoms with E-state index in [9.17, 15) is 14.7 Å². The van der Waals surface area contributed by atoms with Gasteiger partial charge in [0.1, 0.15) is 6.04 Å². The van der Waals surface area contributed by atoms with Crippen molar-refractivity contribution in [2.45, 2.75) is 38.5 Å². The molecule has 1 rings (SSSR count). The molecule has 2 atom stereocenters. The fourth-order valence-corrected chi connectivity index (χ4v) is 1.68. The van der Waals surface area contributed by atoms with Gasteiger partial charge >= 0.3 is 12.0 Å². The standard InChI is InChI=1S/C10H18N2O4/c1-6(2)11(3)10(16)12-5-7(13)4-8(12)9(14)15/h6-8,13H,4-5H2,1-3H3,(H,14,15)/t7-,8+/m1/s1. The van der Waals surface area contributed by atoms with Gasteiger partial charge in [0.15, 0.2) is 0 Å². The molecular weight excluding hydrogens is 212 g/mol. The summed E-state index contributed by atoms with van der Waals surface area (Å²) in [6.45, 7) is 3.78. The molecule has 0 spiro atoms. The minimum atomic E-state index is -1.07. The van der Waals surface area contributed by atoms with Gasteiger partial charge in [-0.2, -0.15) is 0 Å². The molecule has 0 aromatic heterocycles. The predicted molar refractivity (Wildman–Crippen MR) is 57.0 cm³/mol. The van der Waals surface area contributed by atoms with Crippen molar-refractivity contribution in [2.75, 3.05) is 13.6 Å². The van der Waals surface area contributed by atoms with E-state index in [-0.39, 0.29) is 25.0 Å². The number of hydrogen-bond donors (Lipinski definition) is 2. The van der Waals surface area contributed by atoms with Crippen molar-refractivity contribution in [1.82, 2.24) is 9.80 Å². The predicted octanol–water partition coefficient (Wildman–Crippen LogP) is -0.0336. The zero-order valence-corrected chi connectivity index (χ0v) is 9.75. The molecule has 1 aliphatic rings. The molecule has 0 radical (unpaired) electrons. The van der Waals surface area contributed by atoms with Crippen molar-refractivity contribution in [2.24, 2.45) is 0 Å². The molecule has 1 fully saturated rings. The molecule has 2 amide bonds. The maximum absolute atomic E-state index is 11.9. The molecule has 0 bridgehead atoms. The molecule has 0 aromatic rings. The lowest BCUT2D eigenvalue weighted by Gasteiger charge is -2.29. The molecule has 0 saturated carbocycles. The minimum absolute atomic E-state index is 0.000289. The first kappa shape index (κ1) is 12.8. The van der Waals surface area contributed by atoms with Crippen LogP contribution in [0.5, 0.6) is 0 Å². The zero-order chi connectivity index (χ0) is 12.5. The monoisotopic (exact) mass is 230 g/mol. The van der Waals surface area contributed by atoms with Gasteiger partial charge in [-0.3, -0.25) is 0 Å². The molecule has 1 aliphatic heterocycles. The van der Waals surface area contributed by atoms with Crippen LogP contribution in [-0.4, -0.2) is 63.8 Å².